The summed E-state index contributed by atoms with van der Waals surface area (Å²) in [6.45, 7) is 0.104. The van der Waals surface area contributed by atoms with E-state index in [0.29, 0.717) is 16.0 Å². The van der Waals surface area contributed by atoms with Gasteiger partial charge in [0.25, 0.3) is 11.6 Å². The normalized spacial score (nSPS) is 10.1. The van der Waals surface area contributed by atoms with Gasteiger partial charge in [0.15, 0.2) is 0 Å². The van der Waals surface area contributed by atoms with Gasteiger partial charge in [-0.1, -0.05) is 24.3 Å². The Kier molecular flexibility index (Phi) is 4.37. The van der Waals surface area contributed by atoms with Crippen LogP contribution in [-0.2, 0) is 6.54 Å². The lowest BCUT2D eigenvalue weighted by molar-refractivity contribution is -0.385. The largest absolute Gasteiger partial charge is 0.348 e. The first-order valence-corrected chi connectivity index (χ1v) is 6.32. The Labute approximate surface area is 121 Å². The predicted molar refractivity (Wildman–Crippen MR) is 78.0 cm³/mol. The van der Waals surface area contributed by atoms with Crippen LogP contribution in [0.5, 0.6) is 0 Å². The van der Waals surface area contributed by atoms with E-state index in [2.05, 4.69) is 17.9 Å². The van der Waals surface area contributed by atoms with Gasteiger partial charge >= 0.3 is 0 Å². The summed E-state index contributed by atoms with van der Waals surface area (Å²) in [6, 6.07) is 13.1. The lowest BCUT2D eigenvalue weighted by atomic mass is 10.1. The molecule has 0 saturated carbocycles. The maximum atomic E-state index is 11.9. The third kappa shape index (κ3) is 3.36. The molecule has 6 heteroatoms. The molecule has 2 aromatic carbocycles. The Morgan fingerprint density at radius 3 is 2.65 bits per heavy atom. The van der Waals surface area contributed by atoms with Crippen LogP contribution in [-0.4, -0.2) is 10.8 Å². The molecular weight excluding hydrogens is 276 g/mol. The number of nitro groups is 1. The van der Waals surface area contributed by atoms with Crippen molar-refractivity contribution < 1.29 is 9.72 Å². The third-order valence-electron chi connectivity index (χ3n) is 2.74. The zero-order valence-corrected chi connectivity index (χ0v) is 11.3. The van der Waals surface area contributed by atoms with Crippen LogP contribution in [0.2, 0.25) is 0 Å². The molecule has 0 saturated heterocycles. The van der Waals surface area contributed by atoms with Crippen LogP contribution in [0, 0.1) is 10.1 Å². The van der Waals surface area contributed by atoms with E-state index in [1.807, 2.05) is 0 Å². The molecule has 0 unspecified atom stereocenters. The van der Waals surface area contributed by atoms with Gasteiger partial charge in [0.05, 0.1) is 4.92 Å². The highest BCUT2D eigenvalue weighted by atomic mass is 32.1. The van der Waals surface area contributed by atoms with E-state index in [4.69, 9.17) is 0 Å². The Morgan fingerprint density at radius 1 is 1.20 bits per heavy atom. The summed E-state index contributed by atoms with van der Waals surface area (Å²) < 4.78 is 0. The fourth-order valence-electron chi connectivity index (χ4n) is 1.76. The monoisotopic (exact) mass is 288 g/mol. The molecule has 0 fully saturated rings. The summed E-state index contributed by atoms with van der Waals surface area (Å²) in [5.74, 6) is -0.293. The van der Waals surface area contributed by atoms with Crippen LogP contribution in [0.4, 0.5) is 5.69 Å². The van der Waals surface area contributed by atoms with Crippen LogP contribution in [0.25, 0.3) is 0 Å². The standard InChI is InChI=1S/C14H12N2O3S/c17-14(10-5-3-6-12(20)8-10)15-9-11-4-1-2-7-13(11)16(18)19/h1-8,20H,9H2,(H,15,17). The van der Waals surface area contributed by atoms with Crippen molar-refractivity contribution in [1.82, 2.24) is 5.32 Å². The first kappa shape index (κ1) is 14.1. The number of hydrogen-bond donors (Lipinski definition) is 2. The number of carbonyl (C=O) groups excluding carboxylic acids is 1. The van der Waals surface area contributed by atoms with Crippen molar-refractivity contribution in [3.63, 3.8) is 0 Å². The minimum Gasteiger partial charge on any atom is -0.348 e. The lowest BCUT2D eigenvalue weighted by Gasteiger charge is -2.06. The second-order valence-corrected chi connectivity index (χ2v) is 4.64. The molecule has 1 N–H and O–H groups in total. The molecule has 2 rings (SSSR count). The van der Waals surface area contributed by atoms with Gasteiger partial charge in [-0.05, 0) is 18.2 Å². The van der Waals surface area contributed by atoms with Gasteiger partial charge in [-0.2, -0.15) is 0 Å². The van der Waals surface area contributed by atoms with Gasteiger partial charge in [-0.15, -0.1) is 12.6 Å². The average Bonchev–Trinajstić information content (AvgIpc) is 2.45. The molecule has 0 aliphatic rings. The molecule has 0 bridgehead atoms. The zero-order chi connectivity index (χ0) is 14.5. The Bertz CT molecular complexity index is 658. The molecule has 0 radical (unpaired) electrons. The van der Waals surface area contributed by atoms with Crippen molar-refractivity contribution in [1.29, 1.82) is 0 Å². The molecule has 0 aromatic heterocycles. The molecule has 0 aliphatic heterocycles. The highest BCUT2D eigenvalue weighted by Crippen LogP contribution is 2.17. The SMILES string of the molecule is O=C(NCc1ccccc1[N+](=O)[O-])c1cccc(S)c1. The third-order valence-corrected chi connectivity index (χ3v) is 3.01. The van der Waals surface area contributed by atoms with Crippen LogP contribution in [0.3, 0.4) is 0 Å². The number of carbonyl (C=O) groups is 1. The molecule has 2 aromatic rings. The molecular formula is C14H12N2O3S. The van der Waals surface area contributed by atoms with Gasteiger partial charge in [0, 0.05) is 28.6 Å². The van der Waals surface area contributed by atoms with Crippen molar-refractivity contribution in [3.05, 3.63) is 69.8 Å². The van der Waals surface area contributed by atoms with E-state index in [1.54, 1.807) is 42.5 Å². The number of para-hydroxylation sites is 1. The van der Waals surface area contributed by atoms with E-state index in [-0.39, 0.29) is 18.1 Å². The molecule has 0 spiro atoms. The number of thiol groups is 1. The van der Waals surface area contributed by atoms with E-state index < -0.39 is 4.92 Å². The lowest BCUT2D eigenvalue weighted by Crippen LogP contribution is -2.23. The van der Waals surface area contributed by atoms with Crippen LogP contribution < -0.4 is 5.32 Å². The number of hydrogen-bond acceptors (Lipinski definition) is 4. The Morgan fingerprint density at radius 2 is 1.95 bits per heavy atom. The van der Waals surface area contributed by atoms with E-state index in [9.17, 15) is 14.9 Å². The van der Waals surface area contributed by atoms with Crippen LogP contribution >= 0.6 is 12.6 Å². The van der Waals surface area contributed by atoms with Crippen molar-refractivity contribution in [2.45, 2.75) is 11.4 Å². The topological polar surface area (TPSA) is 72.2 Å². The average molecular weight is 288 g/mol. The second-order valence-electron chi connectivity index (χ2n) is 4.12. The highest BCUT2D eigenvalue weighted by Gasteiger charge is 2.13. The molecule has 0 heterocycles. The number of nitrogens with one attached hydrogen (secondary N) is 1. The maximum absolute atomic E-state index is 11.9. The minimum atomic E-state index is -0.462. The summed E-state index contributed by atoms with van der Waals surface area (Å²) in [5, 5.41) is 13.5. The summed E-state index contributed by atoms with van der Waals surface area (Å²) in [5.41, 5.74) is 0.930. The fraction of sp³-hybridized carbons (Fsp3) is 0.0714. The first-order valence-electron chi connectivity index (χ1n) is 5.87. The highest BCUT2D eigenvalue weighted by molar-refractivity contribution is 7.80. The minimum absolute atomic E-state index is 0.00394. The number of nitro benzene ring substituents is 1. The van der Waals surface area contributed by atoms with Crippen molar-refractivity contribution in [2.75, 3.05) is 0 Å². The first-order chi connectivity index (χ1) is 9.58. The number of benzene rings is 2. The second kappa shape index (κ2) is 6.21. The summed E-state index contributed by atoms with van der Waals surface area (Å²) in [4.78, 5) is 23.0. The number of amides is 1. The van der Waals surface area contributed by atoms with E-state index in [0.717, 1.165) is 0 Å². The van der Waals surface area contributed by atoms with Gasteiger partial charge < -0.3 is 5.32 Å². The number of nitrogens with zero attached hydrogens (tertiary/aromatic N) is 1. The fourth-order valence-corrected chi connectivity index (χ4v) is 1.99. The van der Waals surface area contributed by atoms with Crippen LogP contribution in [0.15, 0.2) is 53.4 Å². The van der Waals surface area contributed by atoms with Crippen molar-refractivity contribution in [2.24, 2.45) is 0 Å². The van der Waals surface area contributed by atoms with Gasteiger partial charge in [0.2, 0.25) is 0 Å². The predicted octanol–water partition coefficient (Wildman–Crippen LogP) is 2.81. The number of rotatable bonds is 4. The van der Waals surface area contributed by atoms with E-state index in [1.165, 1.54) is 6.07 Å². The summed E-state index contributed by atoms with van der Waals surface area (Å²) in [6.07, 6.45) is 0. The molecule has 20 heavy (non-hydrogen) atoms. The van der Waals surface area contributed by atoms with E-state index >= 15 is 0 Å². The van der Waals surface area contributed by atoms with Crippen molar-refractivity contribution >= 4 is 24.2 Å². The van der Waals surface area contributed by atoms with Crippen LogP contribution in [0.1, 0.15) is 15.9 Å². The Hall–Kier alpha value is -2.34. The van der Waals surface area contributed by atoms with Gasteiger partial charge in [0.1, 0.15) is 0 Å². The molecule has 0 aliphatic carbocycles. The maximum Gasteiger partial charge on any atom is 0.274 e. The molecule has 102 valence electrons. The quantitative estimate of drug-likeness (QED) is 0.516. The smallest absolute Gasteiger partial charge is 0.274 e. The van der Waals surface area contributed by atoms with Crippen molar-refractivity contribution in [3.8, 4) is 0 Å². The van der Waals surface area contributed by atoms with Gasteiger partial charge in [-0.25, -0.2) is 0 Å². The molecule has 0 atom stereocenters. The summed E-state index contributed by atoms with van der Waals surface area (Å²) in [7, 11) is 0. The molecule has 1 amide bonds. The summed E-state index contributed by atoms with van der Waals surface area (Å²) >= 11 is 4.16. The Balaban J connectivity index is 2.09. The van der Waals surface area contributed by atoms with Gasteiger partial charge in [-0.3, -0.25) is 14.9 Å². The molecule has 5 nitrogen and oxygen atoms in total. The zero-order valence-electron chi connectivity index (χ0n) is 10.4.